The number of piperazine rings is 1. The second-order valence-electron chi connectivity index (χ2n) is 6.67. The van der Waals surface area contributed by atoms with Crippen LogP contribution in [-0.2, 0) is 4.79 Å². The molecule has 1 atom stereocenters. The first-order chi connectivity index (χ1) is 8.29. The molecule has 1 saturated heterocycles. The molecule has 4 nitrogen and oxygen atoms in total. The second-order valence-corrected chi connectivity index (χ2v) is 6.67. The molecule has 1 aliphatic rings. The molecule has 106 valence electrons. The van der Waals surface area contributed by atoms with Crippen LogP contribution >= 0.6 is 0 Å². The van der Waals surface area contributed by atoms with Gasteiger partial charge in [-0.05, 0) is 18.9 Å². The Morgan fingerprint density at radius 1 is 1.44 bits per heavy atom. The highest BCUT2D eigenvalue weighted by atomic mass is 16.2. The molecule has 18 heavy (non-hydrogen) atoms. The van der Waals surface area contributed by atoms with Crippen molar-refractivity contribution in [1.82, 2.24) is 15.1 Å². The van der Waals surface area contributed by atoms with Gasteiger partial charge in [0.1, 0.15) is 0 Å². The summed E-state index contributed by atoms with van der Waals surface area (Å²) in [5.74, 6) is 0.264. The van der Waals surface area contributed by atoms with Gasteiger partial charge in [-0.3, -0.25) is 4.79 Å². The van der Waals surface area contributed by atoms with Gasteiger partial charge >= 0.3 is 0 Å². The summed E-state index contributed by atoms with van der Waals surface area (Å²) in [7, 11) is 4.03. The molecule has 0 aromatic heterocycles. The molecule has 0 aromatic carbocycles. The van der Waals surface area contributed by atoms with Gasteiger partial charge < -0.3 is 15.1 Å². The maximum absolute atomic E-state index is 12.1. The molecular formula is C14H29N3O. The summed E-state index contributed by atoms with van der Waals surface area (Å²) >= 11 is 0. The Hall–Kier alpha value is -0.610. The summed E-state index contributed by atoms with van der Waals surface area (Å²) < 4.78 is 0. The van der Waals surface area contributed by atoms with E-state index in [4.69, 9.17) is 0 Å². The lowest BCUT2D eigenvalue weighted by atomic mass is 9.92. The highest BCUT2D eigenvalue weighted by Crippen LogP contribution is 2.18. The average molecular weight is 255 g/mol. The predicted molar refractivity (Wildman–Crippen MR) is 75.6 cm³/mol. The lowest BCUT2D eigenvalue weighted by Crippen LogP contribution is -2.51. The molecule has 1 unspecified atom stereocenters. The monoisotopic (exact) mass is 255 g/mol. The quantitative estimate of drug-likeness (QED) is 0.819. The van der Waals surface area contributed by atoms with Gasteiger partial charge in [-0.25, -0.2) is 0 Å². The molecule has 0 radical (unpaired) electrons. The third kappa shape index (κ3) is 5.36. The van der Waals surface area contributed by atoms with E-state index in [1.165, 1.54) is 0 Å². The van der Waals surface area contributed by atoms with Gasteiger partial charge in [-0.1, -0.05) is 20.8 Å². The van der Waals surface area contributed by atoms with Crippen LogP contribution in [0.25, 0.3) is 0 Å². The standard InChI is InChI=1S/C14H29N3O/c1-14(2,3)6-8-17(5)13(18)10-12-11-15-7-9-16(12)4/h12,15H,6-11H2,1-5H3. The minimum atomic E-state index is 0.264. The van der Waals surface area contributed by atoms with E-state index in [1.54, 1.807) is 0 Å². The molecule has 1 N–H and O–H groups in total. The molecule has 0 aliphatic carbocycles. The summed E-state index contributed by atoms with van der Waals surface area (Å²) in [4.78, 5) is 16.3. The zero-order chi connectivity index (χ0) is 13.8. The van der Waals surface area contributed by atoms with Crippen molar-refractivity contribution in [3.63, 3.8) is 0 Å². The lowest BCUT2D eigenvalue weighted by molar-refractivity contribution is -0.131. The molecule has 4 heteroatoms. The van der Waals surface area contributed by atoms with E-state index in [0.717, 1.165) is 32.6 Å². The van der Waals surface area contributed by atoms with Gasteiger partial charge in [-0.15, -0.1) is 0 Å². The third-order valence-corrected chi connectivity index (χ3v) is 3.68. The Bertz CT molecular complexity index is 273. The largest absolute Gasteiger partial charge is 0.346 e. The van der Waals surface area contributed by atoms with Crippen LogP contribution in [-0.4, -0.2) is 62.0 Å². The lowest BCUT2D eigenvalue weighted by Gasteiger charge is -2.34. The summed E-state index contributed by atoms with van der Waals surface area (Å²) in [5.41, 5.74) is 0.289. The minimum Gasteiger partial charge on any atom is -0.346 e. The van der Waals surface area contributed by atoms with Gasteiger partial charge in [-0.2, -0.15) is 0 Å². The second kappa shape index (κ2) is 6.53. The number of likely N-dealkylation sites (N-methyl/N-ethyl adjacent to an activating group) is 1. The van der Waals surface area contributed by atoms with E-state index < -0.39 is 0 Å². The SMILES string of the molecule is CN(CCC(C)(C)C)C(=O)CC1CNCCN1C. The minimum absolute atomic E-state index is 0.264. The van der Waals surface area contributed by atoms with Crippen LogP contribution < -0.4 is 5.32 Å². The zero-order valence-corrected chi connectivity index (χ0v) is 12.6. The molecule has 0 bridgehead atoms. The van der Waals surface area contributed by atoms with Crippen LogP contribution in [0.5, 0.6) is 0 Å². The van der Waals surface area contributed by atoms with Crippen molar-refractivity contribution >= 4 is 5.91 Å². The Labute approximate surface area is 112 Å². The third-order valence-electron chi connectivity index (χ3n) is 3.68. The maximum atomic E-state index is 12.1. The number of amides is 1. The molecular weight excluding hydrogens is 226 g/mol. The Morgan fingerprint density at radius 2 is 2.11 bits per heavy atom. The zero-order valence-electron chi connectivity index (χ0n) is 12.6. The van der Waals surface area contributed by atoms with Crippen LogP contribution in [0.15, 0.2) is 0 Å². The molecule has 1 heterocycles. The summed E-state index contributed by atoms with van der Waals surface area (Å²) in [5, 5.41) is 3.35. The van der Waals surface area contributed by atoms with Crippen molar-refractivity contribution in [1.29, 1.82) is 0 Å². The Balaban J connectivity index is 2.35. The summed E-state index contributed by atoms with van der Waals surface area (Å²) in [6.07, 6.45) is 1.68. The van der Waals surface area contributed by atoms with E-state index in [9.17, 15) is 4.79 Å². The number of nitrogens with one attached hydrogen (secondary N) is 1. The molecule has 1 aliphatic heterocycles. The van der Waals surface area contributed by atoms with Crippen LogP contribution in [0.3, 0.4) is 0 Å². The highest BCUT2D eigenvalue weighted by Gasteiger charge is 2.23. The maximum Gasteiger partial charge on any atom is 0.223 e. The summed E-state index contributed by atoms with van der Waals surface area (Å²) in [6, 6.07) is 0.350. The molecule has 0 saturated carbocycles. The van der Waals surface area contributed by atoms with Crippen molar-refractivity contribution in [3.05, 3.63) is 0 Å². The number of hydrogen-bond donors (Lipinski definition) is 1. The van der Waals surface area contributed by atoms with E-state index in [-0.39, 0.29) is 11.3 Å². The topological polar surface area (TPSA) is 35.6 Å². The normalized spacial score (nSPS) is 21.9. The van der Waals surface area contributed by atoms with Crippen molar-refractivity contribution in [3.8, 4) is 0 Å². The van der Waals surface area contributed by atoms with Crippen LogP contribution in [0.1, 0.15) is 33.6 Å². The Kier molecular flexibility index (Phi) is 5.60. The van der Waals surface area contributed by atoms with Crippen LogP contribution in [0, 0.1) is 5.41 Å². The number of rotatable bonds is 4. The number of carbonyl (C=O) groups is 1. The smallest absolute Gasteiger partial charge is 0.223 e. The first-order valence-electron chi connectivity index (χ1n) is 6.94. The molecule has 0 aromatic rings. The fourth-order valence-corrected chi connectivity index (χ4v) is 2.08. The van der Waals surface area contributed by atoms with Crippen molar-refractivity contribution in [2.45, 2.75) is 39.7 Å². The van der Waals surface area contributed by atoms with Crippen molar-refractivity contribution in [2.75, 3.05) is 40.3 Å². The van der Waals surface area contributed by atoms with Gasteiger partial charge in [0.25, 0.3) is 0 Å². The predicted octanol–water partition coefficient (Wildman–Crippen LogP) is 1.17. The number of nitrogens with zero attached hydrogens (tertiary/aromatic N) is 2. The number of hydrogen-bond acceptors (Lipinski definition) is 3. The van der Waals surface area contributed by atoms with Crippen molar-refractivity contribution in [2.24, 2.45) is 5.41 Å². The molecule has 1 rings (SSSR count). The first-order valence-corrected chi connectivity index (χ1v) is 6.94. The van der Waals surface area contributed by atoms with Gasteiger partial charge in [0, 0.05) is 45.7 Å². The van der Waals surface area contributed by atoms with E-state index in [0.29, 0.717) is 12.5 Å². The van der Waals surface area contributed by atoms with E-state index in [1.807, 2.05) is 11.9 Å². The molecule has 1 fully saturated rings. The van der Waals surface area contributed by atoms with Gasteiger partial charge in [0.05, 0.1) is 0 Å². The fraction of sp³-hybridized carbons (Fsp3) is 0.929. The fourth-order valence-electron chi connectivity index (χ4n) is 2.08. The van der Waals surface area contributed by atoms with Crippen LogP contribution in [0.2, 0.25) is 0 Å². The van der Waals surface area contributed by atoms with Gasteiger partial charge in [0.2, 0.25) is 5.91 Å². The molecule has 0 spiro atoms. The van der Waals surface area contributed by atoms with Crippen molar-refractivity contribution < 1.29 is 4.79 Å². The van der Waals surface area contributed by atoms with E-state index >= 15 is 0 Å². The molecule has 1 amide bonds. The van der Waals surface area contributed by atoms with Gasteiger partial charge in [0.15, 0.2) is 0 Å². The summed E-state index contributed by atoms with van der Waals surface area (Å²) in [6.45, 7) is 10.5. The number of carbonyl (C=O) groups excluding carboxylic acids is 1. The Morgan fingerprint density at radius 3 is 2.67 bits per heavy atom. The highest BCUT2D eigenvalue weighted by molar-refractivity contribution is 5.76. The average Bonchev–Trinajstić information content (AvgIpc) is 2.28. The first kappa shape index (κ1) is 15.4. The van der Waals surface area contributed by atoms with E-state index in [2.05, 4.69) is 38.0 Å². The van der Waals surface area contributed by atoms with Crippen LogP contribution in [0.4, 0.5) is 0 Å².